The van der Waals surface area contributed by atoms with Crippen LogP contribution in [-0.2, 0) is 26.0 Å². The Hall–Kier alpha value is -3.66. The molecule has 4 rings (SSSR count). The molecule has 0 fully saturated rings. The molecule has 1 atom stereocenters. The number of para-hydroxylation sites is 1. The van der Waals surface area contributed by atoms with Gasteiger partial charge in [-0.2, -0.15) is 0 Å². The summed E-state index contributed by atoms with van der Waals surface area (Å²) >= 11 is 0. The normalized spacial score (nSPS) is 15.3. The SMILES string of the molecule is Cc1cc(NC(=O)COC(=O)c2cccc(S(=O)(=O)N3c4ccccc4C[C@H]3C)c2)no1. The molecule has 1 aliphatic heterocycles. The topological polar surface area (TPSA) is 119 Å². The highest BCUT2D eigenvalue weighted by Crippen LogP contribution is 2.36. The Morgan fingerprint density at radius 3 is 2.72 bits per heavy atom. The molecule has 10 heteroatoms. The molecule has 0 aliphatic carbocycles. The fourth-order valence-corrected chi connectivity index (χ4v) is 5.36. The van der Waals surface area contributed by atoms with Crippen LogP contribution < -0.4 is 9.62 Å². The molecule has 2 heterocycles. The Morgan fingerprint density at radius 2 is 1.97 bits per heavy atom. The van der Waals surface area contributed by atoms with Gasteiger partial charge in [-0.15, -0.1) is 0 Å². The molecule has 0 saturated heterocycles. The van der Waals surface area contributed by atoms with Crippen molar-refractivity contribution in [1.29, 1.82) is 0 Å². The van der Waals surface area contributed by atoms with Crippen LogP contribution in [0.3, 0.4) is 0 Å². The highest BCUT2D eigenvalue weighted by molar-refractivity contribution is 7.92. The number of hydrogen-bond acceptors (Lipinski definition) is 7. The summed E-state index contributed by atoms with van der Waals surface area (Å²) in [6, 6.07) is 14.2. The quantitative estimate of drug-likeness (QED) is 0.568. The molecule has 9 nitrogen and oxygen atoms in total. The van der Waals surface area contributed by atoms with Crippen LogP contribution in [-0.4, -0.2) is 38.1 Å². The average Bonchev–Trinajstić information content (AvgIpc) is 3.33. The highest BCUT2D eigenvalue weighted by atomic mass is 32.2. The van der Waals surface area contributed by atoms with Gasteiger partial charge in [0.25, 0.3) is 15.9 Å². The molecular formula is C22H21N3O6S. The van der Waals surface area contributed by atoms with Crippen LogP contribution in [0.2, 0.25) is 0 Å². The van der Waals surface area contributed by atoms with Crippen molar-refractivity contribution >= 4 is 33.4 Å². The minimum absolute atomic E-state index is 0.0243. The molecule has 1 aliphatic rings. The standard InChI is InChI=1S/C22H21N3O6S/c1-14-10-16-6-3-4-9-19(16)25(14)32(28,29)18-8-5-7-17(12-18)22(27)30-13-21(26)23-20-11-15(2)31-24-20/h3-9,11-12,14H,10,13H2,1-2H3,(H,23,24,26)/t14-/m1/s1. The number of aryl methyl sites for hydroxylation is 1. The van der Waals surface area contributed by atoms with Gasteiger partial charge in [0.1, 0.15) is 5.76 Å². The Labute approximate surface area is 185 Å². The zero-order valence-electron chi connectivity index (χ0n) is 17.4. The van der Waals surface area contributed by atoms with Gasteiger partial charge >= 0.3 is 5.97 Å². The number of carbonyl (C=O) groups is 2. The molecule has 0 radical (unpaired) electrons. The summed E-state index contributed by atoms with van der Waals surface area (Å²) in [6.07, 6.45) is 0.608. The van der Waals surface area contributed by atoms with Crippen LogP contribution in [0, 0.1) is 6.92 Å². The van der Waals surface area contributed by atoms with Crippen LogP contribution in [0.1, 0.15) is 28.6 Å². The van der Waals surface area contributed by atoms with Gasteiger partial charge in [-0.05, 0) is 50.1 Å². The van der Waals surface area contributed by atoms with Gasteiger partial charge in [-0.25, -0.2) is 13.2 Å². The number of hydrogen-bond donors (Lipinski definition) is 1. The van der Waals surface area contributed by atoms with E-state index >= 15 is 0 Å². The van der Waals surface area contributed by atoms with Crippen molar-refractivity contribution in [2.45, 2.75) is 31.2 Å². The van der Waals surface area contributed by atoms with E-state index in [2.05, 4.69) is 10.5 Å². The maximum absolute atomic E-state index is 13.3. The van der Waals surface area contributed by atoms with Crippen molar-refractivity contribution in [3.05, 3.63) is 71.5 Å². The van der Waals surface area contributed by atoms with Crippen molar-refractivity contribution in [3.63, 3.8) is 0 Å². The maximum atomic E-state index is 13.3. The molecule has 0 spiro atoms. The molecule has 0 saturated carbocycles. The third-order valence-electron chi connectivity index (χ3n) is 5.00. The molecule has 1 amide bonds. The first-order valence-electron chi connectivity index (χ1n) is 9.88. The molecule has 3 aromatic rings. The lowest BCUT2D eigenvalue weighted by Crippen LogP contribution is -2.35. The van der Waals surface area contributed by atoms with Gasteiger partial charge in [0.15, 0.2) is 12.4 Å². The van der Waals surface area contributed by atoms with E-state index in [0.29, 0.717) is 17.9 Å². The van der Waals surface area contributed by atoms with Crippen molar-refractivity contribution < 1.29 is 27.3 Å². The molecule has 0 bridgehead atoms. The number of carbonyl (C=O) groups excluding carboxylic acids is 2. The zero-order valence-corrected chi connectivity index (χ0v) is 18.3. The second-order valence-electron chi connectivity index (χ2n) is 7.46. The van der Waals surface area contributed by atoms with E-state index < -0.39 is 28.5 Å². The lowest BCUT2D eigenvalue weighted by molar-refractivity contribution is -0.119. The third-order valence-corrected chi connectivity index (χ3v) is 6.93. The van der Waals surface area contributed by atoms with Gasteiger partial charge in [-0.1, -0.05) is 29.4 Å². The number of anilines is 2. The predicted molar refractivity (Wildman–Crippen MR) is 116 cm³/mol. The Kier molecular flexibility index (Phi) is 5.70. The largest absolute Gasteiger partial charge is 0.452 e. The van der Waals surface area contributed by atoms with Gasteiger partial charge in [0, 0.05) is 12.1 Å². The summed E-state index contributed by atoms with van der Waals surface area (Å²) in [5.74, 6) is -0.691. The summed E-state index contributed by atoms with van der Waals surface area (Å²) in [4.78, 5) is 24.3. The van der Waals surface area contributed by atoms with E-state index in [4.69, 9.17) is 9.26 Å². The fourth-order valence-electron chi connectivity index (χ4n) is 3.62. The lowest BCUT2D eigenvalue weighted by Gasteiger charge is -2.24. The zero-order chi connectivity index (χ0) is 22.9. The van der Waals surface area contributed by atoms with Crippen LogP contribution in [0.25, 0.3) is 0 Å². The number of amides is 1. The molecular weight excluding hydrogens is 434 g/mol. The summed E-state index contributed by atoms with van der Waals surface area (Å²) in [6.45, 7) is 2.95. The van der Waals surface area contributed by atoms with Gasteiger partial charge in [0.05, 0.1) is 16.1 Å². The lowest BCUT2D eigenvalue weighted by atomic mass is 10.1. The molecule has 0 unspecified atom stereocenters. The van der Waals surface area contributed by atoms with Crippen molar-refractivity contribution in [2.24, 2.45) is 0 Å². The van der Waals surface area contributed by atoms with E-state index in [1.165, 1.54) is 34.6 Å². The number of benzene rings is 2. The smallest absolute Gasteiger partial charge is 0.338 e. The Bertz CT molecular complexity index is 1280. The first kappa shape index (κ1) is 21.6. The Balaban J connectivity index is 1.48. The van der Waals surface area contributed by atoms with E-state index in [1.54, 1.807) is 19.1 Å². The van der Waals surface area contributed by atoms with E-state index in [9.17, 15) is 18.0 Å². The molecule has 32 heavy (non-hydrogen) atoms. The number of aromatic nitrogens is 1. The number of fused-ring (bicyclic) bond motifs is 1. The number of rotatable bonds is 6. The van der Waals surface area contributed by atoms with Gasteiger partial charge in [0.2, 0.25) is 0 Å². The Morgan fingerprint density at radius 1 is 1.19 bits per heavy atom. The molecule has 166 valence electrons. The van der Waals surface area contributed by atoms with Crippen molar-refractivity contribution in [1.82, 2.24) is 5.16 Å². The van der Waals surface area contributed by atoms with Crippen LogP contribution in [0.15, 0.2) is 64.0 Å². The minimum atomic E-state index is -3.90. The minimum Gasteiger partial charge on any atom is -0.452 e. The van der Waals surface area contributed by atoms with Crippen molar-refractivity contribution in [2.75, 3.05) is 16.2 Å². The number of sulfonamides is 1. The monoisotopic (exact) mass is 455 g/mol. The van der Waals surface area contributed by atoms with Gasteiger partial charge < -0.3 is 14.6 Å². The first-order chi connectivity index (χ1) is 15.3. The summed E-state index contributed by atoms with van der Waals surface area (Å²) in [5, 5.41) is 6.05. The second-order valence-corrected chi connectivity index (χ2v) is 9.27. The van der Waals surface area contributed by atoms with E-state index in [1.807, 2.05) is 19.1 Å². The third kappa shape index (κ3) is 4.22. The van der Waals surface area contributed by atoms with Crippen LogP contribution in [0.5, 0.6) is 0 Å². The fraction of sp³-hybridized carbons (Fsp3) is 0.227. The molecule has 2 aromatic carbocycles. The maximum Gasteiger partial charge on any atom is 0.338 e. The van der Waals surface area contributed by atoms with Crippen LogP contribution in [0.4, 0.5) is 11.5 Å². The first-order valence-corrected chi connectivity index (χ1v) is 11.3. The average molecular weight is 455 g/mol. The summed E-state index contributed by atoms with van der Waals surface area (Å²) < 4.78 is 37.9. The van der Waals surface area contributed by atoms with Crippen LogP contribution >= 0.6 is 0 Å². The number of nitrogens with one attached hydrogen (secondary N) is 1. The second kappa shape index (κ2) is 8.46. The van der Waals surface area contributed by atoms with Crippen molar-refractivity contribution in [3.8, 4) is 0 Å². The predicted octanol–water partition coefficient (Wildman–Crippen LogP) is 2.92. The number of ether oxygens (including phenoxy) is 1. The van der Waals surface area contributed by atoms with E-state index in [0.717, 1.165) is 5.56 Å². The summed E-state index contributed by atoms with van der Waals surface area (Å²) in [5.41, 5.74) is 1.61. The highest BCUT2D eigenvalue weighted by Gasteiger charge is 2.36. The summed E-state index contributed by atoms with van der Waals surface area (Å²) in [7, 11) is -3.90. The van der Waals surface area contributed by atoms with E-state index in [-0.39, 0.29) is 22.3 Å². The van der Waals surface area contributed by atoms with Gasteiger partial charge in [-0.3, -0.25) is 9.10 Å². The number of esters is 1. The molecule has 1 aromatic heterocycles. The molecule has 1 N–H and O–H groups in total. The number of nitrogens with zero attached hydrogens (tertiary/aromatic N) is 2.